The minimum atomic E-state index is 0.0730. The number of aromatic nitrogens is 4. The third kappa shape index (κ3) is 3.79. The summed E-state index contributed by atoms with van der Waals surface area (Å²) in [5, 5.41) is 20.9. The Bertz CT molecular complexity index is 275. The molecular formula is C9H18N4OS. The second kappa shape index (κ2) is 6.79. The first kappa shape index (κ1) is 12.4. The third-order valence-corrected chi connectivity index (χ3v) is 3.60. The molecule has 0 spiro atoms. The van der Waals surface area contributed by atoms with E-state index in [9.17, 15) is 0 Å². The summed E-state index contributed by atoms with van der Waals surface area (Å²) >= 11 is 1.67. The van der Waals surface area contributed by atoms with Crippen LogP contribution in [0, 0.1) is 5.92 Å². The van der Waals surface area contributed by atoms with Crippen molar-refractivity contribution in [2.75, 3.05) is 12.4 Å². The minimum Gasteiger partial charge on any atom is -0.394 e. The number of rotatable bonds is 7. The molecule has 1 N–H and O–H groups in total. The summed E-state index contributed by atoms with van der Waals surface area (Å²) in [5.41, 5.74) is 0. The normalized spacial score (nSPS) is 11.2. The van der Waals surface area contributed by atoms with Crippen molar-refractivity contribution < 1.29 is 5.11 Å². The highest BCUT2D eigenvalue weighted by atomic mass is 32.2. The largest absolute Gasteiger partial charge is 0.394 e. The van der Waals surface area contributed by atoms with Gasteiger partial charge in [0.1, 0.15) is 0 Å². The fraction of sp³-hybridized carbons (Fsp3) is 0.889. The number of hydrogen-bond donors (Lipinski definition) is 1. The molecule has 0 aromatic carbocycles. The Hall–Kier alpha value is -0.620. The van der Waals surface area contributed by atoms with Gasteiger partial charge in [-0.15, -0.1) is 5.10 Å². The summed E-state index contributed by atoms with van der Waals surface area (Å²) in [5.74, 6) is 1.76. The molecule has 5 nitrogen and oxygen atoms in total. The number of thioether (sulfide) groups is 1. The van der Waals surface area contributed by atoms with Crippen LogP contribution in [0.4, 0.5) is 0 Å². The molecule has 0 aliphatic carbocycles. The van der Waals surface area contributed by atoms with Crippen LogP contribution in [0.2, 0.25) is 0 Å². The molecule has 86 valence electrons. The van der Waals surface area contributed by atoms with Crippen LogP contribution in [0.15, 0.2) is 5.16 Å². The predicted molar refractivity (Wildman–Crippen MR) is 59.7 cm³/mol. The monoisotopic (exact) mass is 230 g/mol. The van der Waals surface area contributed by atoms with Gasteiger partial charge in [-0.1, -0.05) is 38.5 Å². The smallest absolute Gasteiger partial charge is 0.209 e. The van der Waals surface area contributed by atoms with Gasteiger partial charge in [0, 0.05) is 5.75 Å². The number of aliphatic hydroxyl groups is 1. The van der Waals surface area contributed by atoms with E-state index in [1.807, 2.05) is 0 Å². The molecule has 0 saturated heterocycles. The first-order valence-electron chi connectivity index (χ1n) is 5.31. The molecule has 0 aliphatic rings. The molecule has 0 radical (unpaired) electrons. The van der Waals surface area contributed by atoms with Crippen molar-refractivity contribution in [2.45, 2.75) is 38.4 Å². The molecule has 0 saturated carbocycles. The van der Waals surface area contributed by atoms with E-state index < -0.39 is 0 Å². The van der Waals surface area contributed by atoms with E-state index in [4.69, 9.17) is 5.11 Å². The maximum absolute atomic E-state index is 8.81. The van der Waals surface area contributed by atoms with Crippen molar-refractivity contribution in [3.8, 4) is 0 Å². The standard InChI is InChI=1S/C9H18N4OS/c1-3-8(4-2)7-15-9-10-11-12-13(9)5-6-14/h8,14H,3-7H2,1-2H3. The van der Waals surface area contributed by atoms with Crippen LogP contribution in [0.3, 0.4) is 0 Å². The second-order valence-electron chi connectivity index (χ2n) is 3.40. The lowest BCUT2D eigenvalue weighted by molar-refractivity contribution is 0.262. The number of tetrazole rings is 1. The van der Waals surface area contributed by atoms with E-state index in [1.54, 1.807) is 16.4 Å². The molecule has 0 bridgehead atoms. The van der Waals surface area contributed by atoms with Crippen molar-refractivity contribution in [3.05, 3.63) is 0 Å². The molecule has 0 atom stereocenters. The van der Waals surface area contributed by atoms with Gasteiger partial charge in [0.05, 0.1) is 13.2 Å². The van der Waals surface area contributed by atoms with Crippen LogP contribution in [0.1, 0.15) is 26.7 Å². The lowest BCUT2D eigenvalue weighted by Crippen LogP contribution is -2.07. The van der Waals surface area contributed by atoms with Crippen LogP contribution in [0.25, 0.3) is 0 Å². The fourth-order valence-corrected chi connectivity index (χ4v) is 2.48. The first-order chi connectivity index (χ1) is 7.31. The lowest BCUT2D eigenvalue weighted by Gasteiger charge is -2.10. The molecule has 0 unspecified atom stereocenters. The summed E-state index contributed by atoms with van der Waals surface area (Å²) < 4.78 is 1.65. The summed E-state index contributed by atoms with van der Waals surface area (Å²) in [4.78, 5) is 0. The van der Waals surface area contributed by atoms with Crippen LogP contribution < -0.4 is 0 Å². The highest BCUT2D eigenvalue weighted by Gasteiger charge is 2.09. The predicted octanol–water partition coefficient (Wildman–Crippen LogP) is 1.19. The van der Waals surface area contributed by atoms with Gasteiger partial charge in [-0.3, -0.25) is 0 Å². The van der Waals surface area contributed by atoms with Gasteiger partial charge >= 0.3 is 0 Å². The summed E-state index contributed by atoms with van der Waals surface area (Å²) in [6, 6.07) is 0. The van der Waals surface area contributed by atoms with Gasteiger partial charge in [-0.05, 0) is 16.3 Å². The summed E-state index contributed by atoms with van der Waals surface area (Å²) in [6.45, 7) is 4.94. The molecule has 1 aromatic rings. The maximum Gasteiger partial charge on any atom is 0.209 e. The van der Waals surface area contributed by atoms with Gasteiger partial charge in [-0.2, -0.15) is 0 Å². The number of hydrogen-bond acceptors (Lipinski definition) is 5. The number of aliphatic hydroxyl groups excluding tert-OH is 1. The van der Waals surface area contributed by atoms with E-state index in [-0.39, 0.29) is 6.61 Å². The van der Waals surface area contributed by atoms with Crippen molar-refractivity contribution in [1.82, 2.24) is 20.2 Å². The first-order valence-corrected chi connectivity index (χ1v) is 6.30. The van der Waals surface area contributed by atoms with Gasteiger partial charge < -0.3 is 5.11 Å². The average Bonchev–Trinajstić information content (AvgIpc) is 2.68. The maximum atomic E-state index is 8.81. The Morgan fingerprint density at radius 2 is 2.13 bits per heavy atom. The molecular weight excluding hydrogens is 212 g/mol. The Morgan fingerprint density at radius 1 is 1.40 bits per heavy atom. The molecule has 1 rings (SSSR count). The van der Waals surface area contributed by atoms with Gasteiger partial charge in [0.15, 0.2) is 0 Å². The third-order valence-electron chi connectivity index (χ3n) is 2.41. The Kier molecular flexibility index (Phi) is 5.63. The quantitative estimate of drug-likeness (QED) is 0.713. The topological polar surface area (TPSA) is 63.8 Å². The van der Waals surface area contributed by atoms with Gasteiger partial charge in [-0.25, -0.2) is 4.68 Å². The average molecular weight is 230 g/mol. The van der Waals surface area contributed by atoms with E-state index >= 15 is 0 Å². The zero-order valence-corrected chi connectivity index (χ0v) is 10.1. The summed E-state index contributed by atoms with van der Waals surface area (Å²) in [7, 11) is 0. The van der Waals surface area contributed by atoms with Crippen molar-refractivity contribution in [1.29, 1.82) is 0 Å². The van der Waals surface area contributed by atoms with Crippen molar-refractivity contribution in [2.24, 2.45) is 5.92 Å². The van der Waals surface area contributed by atoms with Gasteiger partial charge in [0.25, 0.3) is 0 Å². The van der Waals surface area contributed by atoms with E-state index in [2.05, 4.69) is 29.4 Å². The molecule has 0 amide bonds. The Balaban J connectivity index is 2.45. The SMILES string of the molecule is CCC(CC)CSc1nnnn1CCO. The van der Waals surface area contributed by atoms with Crippen LogP contribution >= 0.6 is 11.8 Å². The second-order valence-corrected chi connectivity index (χ2v) is 4.39. The van der Waals surface area contributed by atoms with E-state index in [1.165, 1.54) is 12.8 Å². The molecule has 0 fully saturated rings. The molecule has 15 heavy (non-hydrogen) atoms. The fourth-order valence-electron chi connectivity index (χ4n) is 1.25. The minimum absolute atomic E-state index is 0.0730. The van der Waals surface area contributed by atoms with E-state index in [0.29, 0.717) is 12.5 Å². The highest BCUT2D eigenvalue weighted by molar-refractivity contribution is 7.99. The van der Waals surface area contributed by atoms with Crippen LogP contribution in [0.5, 0.6) is 0 Å². The van der Waals surface area contributed by atoms with Crippen molar-refractivity contribution in [3.63, 3.8) is 0 Å². The van der Waals surface area contributed by atoms with Crippen molar-refractivity contribution >= 4 is 11.8 Å². The summed E-state index contributed by atoms with van der Waals surface area (Å²) in [6.07, 6.45) is 2.37. The Labute approximate surface area is 94.3 Å². The number of nitrogens with zero attached hydrogens (tertiary/aromatic N) is 4. The Morgan fingerprint density at radius 3 is 2.73 bits per heavy atom. The molecule has 0 aliphatic heterocycles. The van der Waals surface area contributed by atoms with Crippen LogP contribution in [-0.4, -0.2) is 37.7 Å². The zero-order valence-electron chi connectivity index (χ0n) is 9.26. The highest BCUT2D eigenvalue weighted by Crippen LogP contribution is 2.20. The molecule has 6 heteroatoms. The van der Waals surface area contributed by atoms with Crippen LogP contribution in [-0.2, 0) is 6.54 Å². The zero-order chi connectivity index (χ0) is 11.1. The van der Waals surface area contributed by atoms with E-state index in [0.717, 1.165) is 10.9 Å². The molecule has 1 aromatic heterocycles. The molecule has 1 heterocycles. The van der Waals surface area contributed by atoms with Gasteiger partial charge in [0.2, 0.25) is 5.16 Å². The lowest BCUT2D eigenvalue weighted by atomic mass is 10.1.